The third kappa shape index (κ3) is 17.9. The second-order valence-corrected chi connectivity index (χ2v) is 24.6. The van der Waals surface area contributed by atoms with Crippen LogP contribution in [-0.2, 0) is 25.7 Å². The number of hydrogen-bond donors (Lipinski definition) is 5. The summed E-state index contributed by atoms with van der Waals surface area (Å²) in [6, 6.07) is 9.96. The molecule has 8 rings (SSSR count). The number of aliphatic hydroxyl groups is 1. The number of carbonyl (C=O) groups is 4. The molecule has 22 heteroatoms. The lowest BCUT2D eigenvalue weighted by Crippen LogP contribution is -2.57. The first-order chi connectivity index (χ1) is 39.4. The van der Waals surface area contributed by atoms with Gasteiger partial charge in [0.15, 0.2) is 17.3 Å². The van der Waals surface area contributed by atoms with E-state index in [0.717, 1.165) is 111 Å². The average Bonchev–Trinajstić information content (AvgIpc) is 4.38. The van der Waals surface area contributed by atoms with Crippen molar-refractivity contribution in [1.82, 2.24) is 50.6 Å². The highest BCUT2D eigenvalue weighted by Gasteiger charge is 2.44. The average molecular weight is 1160 g/mol. The topological polar surface area (TPSA) is 210 Å². The van der Waals surface area contributed by atoms with Crippen LogP contribution >= 0.6 is 11.3 Å². The van der Waals surface area contributed by atoms with E-state index in [0.29, 0.717) is 67.9 Å². The molecule has 2 aromatic heterocycles. The SMILES string of the molecule is COc1cc2c(NN3CCN(CCCC(=O)NCCCCCCCCC(=O)N[C@H](C(=O)N4C[C@H](O)C[C@H]4C(=O)NCc4ccc(-c5scnc5C)cc4)C(C)(C)C)CC3)nc(N3CCC(F)(F)CC3)nc2cc1OCCCN1CCCC1. The fourth-order valence-corrected chi connectivity index (χ4v) is 12.1. The Kier molecular flexibility index (Phi) is 22.5. The van der Waals surface area contributed by atoms with Gasteiger partial charge in [0.2, 0.25) is 29.6 Å². The number of hydrazine groups is 1. The quantitative estimate of drug-likeness (QED) is 0.0348. The van der Waals surface area contributed by atoms with E-state index in [2.05, 4.69) is 41.2 Å². The van der Waals surface area contributed by atoms with Crippen molar-refractivity contribution in [3.63, 3.8) is 0 Å². The maximum Gasteiger partial charge on any atom is 0.251 e. The molecule has 0 radical (unpaired) electrons. The number of piperidine rings is 1. The summed E-state index contributed by atoms with van der Waals surface area (Å²) < 4.78 is 40.4. The minimum atomic E-state index is -2.70. The summed E-state index contributed by atoms with van der Waals surface area (Å²) >= 11 is 1.58. The van der Waals surface area contributed by atoms with Gasteiger partial charge in [-0.05, 0) is 87.7 Å². The molecule has 4 aliphatic heterocycles. The number of nitrogens with zero attached hydrogens (tertiary/aromatic N) is 8. The van der Waals surface area contributed by atoms with Crippen LogP contribution in [0.15, 0.2) is 41.9 Å². The number of carbonyl (C=O) groups excluding carboxylic acids is 4. The highest BCUT2D eigenvalue weighted by molar-refractivity contribution is 7.13. The number of piperazine rings is 1. The molecule has 0 spiro atoms. The fraction of sp³-hybridized carbons (Fsp3) is 0.650. The number of ether oxygens (including phenoxy) is 2. The van der Waals surface area contributed by atoms with Gasteiger partial charge in [-0.3, -0.25) is 19.2 Å². The number of thiazole rings is 1. The molecule has 2 aromatic carbocycles. The summed E-state index contributed by atoms with van der Waals surface area (Å²) in [5, 5.41) is 22.5. The number of unbranched alkanes of at least 4 members (excludes halogenated alkanes) is 5. The number of halogens is 2. The molecule has 3 atom stereocenters. The predicted molar refractivity (Wildman–Crippen MR) is 316 cm³/mol. The Morgan fingerprint density at radius 1 is 0.817 bits per heavy atom. The molecule has 4 fully saturated rings. The van der Waals surface area contributed by atoms with Crippen molar-refractivity contribution in [3.8, 4) is 21.9 Å². The molecule has 6 heterocycles. The maximum atomic E-state index is 14.2. The number of aryl methyl sites for hydroxylation is 1. The molecule has 0 saturated carbocycles. The summed E-state index contributed by atoms with van der Waals surface area (Å²) in [6.45, 7) is 16.5. The second kappa shape index (κ2) is 29.6. The van der Waals surface area contributed by atoms with Crippen molar-refractivity contribution in [2.75, 3.05) is 103 Å². The molecule has 4 amide bonds. The first kappa shape index (κ1) is 62.2. The Hall–Kier alpha value is -5.81. The van der Waals surface area contributed by atoms with Gasteiger partial charge in [-0.15, -0.1) is 11.3 Å². The number of rotatable bonds is 28. The van der Waals surface area contributed by atoms with Gasteiger partial charge in [0.25, 0.3) is 5.92 Å². The van der Waals surface area contributed by atoms with Crippen LogP contribution < -0.4 is 35.7 Å². The largest absolute Gasteiger partial charge is 0.493 e. The molecule has 4 saturated heterocycles. The lowest BCUT2D eigenvalue weighted by Gasteiger charge is -2.35. The van der Waals surface area contributed by atoms with Crippen LogP contribution in [0.25, 0.3) is 21.3 Å². The number of anilines is 2. The summed E-state index contributed by atoms with van der Waals surface area (Å²) in [6.07, 6.45) is 8.95. The molecule has 0 aliphatic carbocycles. The highest BCUT2D eigenvalue weighted by Crippen LogP contribution is 2.37. The molecule has 450 valence electrons. The van der Waals surface area contributed by atoms with E-state index in [1.165, 1.54) is 17.7 Å². The number of aromatic nitrogens is 3. The number of methoxy groups -OCH3 is 1. The summed E-state index contributed by atoms with van der Waals surface area (Å²) in [5.41, 5.74) is 8.29. The Morgan fingerprint density at radius 3 is 2.20 bits per heavy atom. The lowest BCUT2D eigenvalue weighted by atomic mass is 9.85. The highest BCUT2D eigenvalue weighted by atomic mass is 32.1. The van der Waals surface area contributed by atoms with Crippen molar-refractivity contribution in [1.29, 1.82) is 0 Å². The molecule has 82 heavy (non-hydrogen) atoms. The predicted octanol–water partition coefficient (Wildman–Crippen LogP) is 7.55. The molecular formula is C60H88F2N12O7S. The number of amides is 4. The number of fused-ring (bicyclic) bond motifs is 1. The van der Waals surface area contributed by atoms with Gasteiger partial charge in [-0.2, -0.15) is 4.98 Å². The number of hydrogen-bond acceptors (Lipinski definition) is 16. The summed E-state index contributed by atoms with van der Waals surface area (Å²) in [5.74, 6) is -1.43. The third-order valence-corrected chi connectivity index (χ3v) is 17.2. The molecule has 0 bridgehead atoms. The standard InChI is InChI=1S/C60H88F2N12O7S/c1-42-53(82-41-65-42)44-20-18-43(19-21-44)39-64-56(78)48-36-45(75)40-74(48)57(79)54(59(2,3)4)67-52(77)16-10-8-6-7-9-11-24-63-51(76)17-14-27-71-31-33-73(34-32-71)69-55-46-37-49(80-5)50(81-35-15-28-70-25-12-13-26-70)38-47(46)66-58(68-55)72-29-22-60(61,62)23-30-72/h18-21,37-38,41,45,48,54,75H,6-17,22-36,39-40H2,1-5H3,(H,63,76)(H,64,78)(H,67,77)(H,66,68,69)/t45-,48+,54-/m1/s1. The second-order valence-electron chi connectivity index (χ2n) is 23.7. The lowest BCUT2D eigenvalue weighted by molar-refractivity contribution is -0.144. The maximum absolute atomic E-state index is 14.2. The van der Waals surface area contributed by atoms with Crippen LogP contribution in [0.2, 0.25) is 0 Å². The van der Waals surface area contributed by atoms with Gasteiger partial charge >= 0.3 is 0 Å². The van der Waals surface area contributed by atoms with Crippen molar-refractivity contribution in [2.24, 2.45) is 5.41 Å². The number of likely N-dealkylation sites (tertiary alicyclic amines) is 2. The van der Waals surface area contributed by atoms with Crippen LogP contribution in [0.1, 0.15) is 128 Å². The van der Waals surface area contributed by atoms with Crippen molar-refractivity contribution in [2.45, 2.75) is 155 Å². The molecule has 4 aromatic rings. The number of aliphatic hydroxyl groups excluding tert-OH is 1. The number of benzene rings is 2. The normalized spacial score (nSPS) is 19.3. The van der Waals surface area contributed by atoms with Gasteiger partial charge in [0.1, 0.15) is 12.1 Å². The van der Waals surface area contributed by atoms with E-state index >= 15 is 0 Å². The van der Waals surface area contributed by atoms with Gasteiger partial charge in [0, 0.05) is 109 Å². The molecule has 0 unspecified atom stereocenters. The minimum absolute atomic E-state index is 0.0181. The van der Waals surface area contributed by atoms with Crippen molar-refractivity contribution < 1.29 is 42.5 Å². The van der Waals surface area contributed by atoms with Gasteiger partial charge in [0.05, 0.1) is 41.4 Å². The first-order valence-electron chi connectivity index (χ1n) is 29.9. The van der Waals surface area contributed by atoms with Gasteiger partial charge in [-0.1, -0.05) is 70.7 Å². The van der Waals surface area contributed by atoms with E-state index in [-0.39, 0.29) is 75.5 Å². The Balaban J connectivity index is 0.691. The minimum Gasteiger partial charge on any atom is -0.493 e. The van der Waals surface area contributed by atoms with Gasteiger partial charge < -0.3 is 55.6 Å². The molecule has 5 N–H and O–H groups in total. The summed E-state index contributed by atoms with van der Waals surface area (Å²) in [7, 11) is 1.62. The number of β-amino-alcohol motifs (C(OH)–C–C–N with tert-alkyl or cyclic N) is 1. The van der Waals surface area contributed by atoms with Crippen LogP contribution in [0, 0.1) is 12.3 Å². The van der Waals surface area contributed by atoms with Crippen LogP contribution in [0.4, 0.5) is 20.5 Å². The zero-order valence-corrected chi connectivity index (χ0v) is 49.7. The van der Waals surface area contributed by atoms with E-state index in [1.54, 1.807) is 18.4 Å². The zero-order valence-electron chi connectivity index (χ0n) is 48.9. The first-order valence-corrected chi connectivity index (χ1v) is 30.7. The third-order valence-electron chi connectivity index (χ3n) is 16.2. The van der Waals surface area contributed by atoms with Crippen molar-refractivity contribution in [3.05, 3.63) is 53.2 Å². The summed E-state index contributed by atoms with van der Waals surface area (Å²) in [4.78, 5) is 76.8. The Morgan fingerprint density at radius 2 is 1.50 bits per heavy atom. The van der Waals surface area contributed by atoms with Crippen LogP contribution in [-0.4, -0.2) is 180 Å². The zero-order chi connectivity index (χ0) is 58.2. The Bertz CT molecular complexity index is 2720. The molecule has 4 aliphatic rings. The fourth-order valence-electron chi connectivity index (χ4n) is 11.3. The smallest absolute Gasteiger partial charge is 0.251 e. The van der Waals surface area contributed by atoms with E-state index in [9.17, 15) is 33.1 Å². The van der Waals surface area contributed by atoms with E-state index < -0.39 is 29.5 Å². The number of nitrogens with one attached hydrogen (secondary N) is 4. The van der Waals surface area contributed by atoms with Crippen molar-refractivity contribution >= 4 is 57.6 Å². The van der Waals surface area contributed by atoms with E-state index in [4.69, 9.17) is 19.4 Å². The van der Waals surface area contributed by atoms with Gasteiger partial charge in [-0.25, -0.2) is 23.8 Å². The Labute approximate surface area is 486 Å². The van der Waals surface area contributed by atoms with Crippen LogP contribution in [0.5, 0.6) is 11.5 Å². The monoisotopic (exact) mass is 1160 g/mol. The molecular weight excluding hydrogens is 1070 g/mol. The van der Waals surface area contributed by atoms with E-state index in [1.807, 2.05) is 74.5 Å². The molecule has 19 nitrogen and oxygen atoms in total. The van der Waals surface area contributed by atoms with Crippen LogP contribution in [0.3, 0.4) is 0 Å². The number of alkyl halides is 2.